The average Bonchev–Trinajstić information content (AvgIpc) is 2.37. The lowest BCUT2D eigenvalue weighted by Crippen LogP contribution is -2.45. The van der Waals surface area contributed by atoms with Crippen molar-refractivity contribution in [3.05, 3.63) is 35.6 Å². The van der Waals surface area contributed by atoms with E-state index in [4.69, 9.17) is 0 Å². The van der Waals surface area contributed by atoms with Gasteiger partial charge in [-0.05, 0) is 17.5 Å². The Morgan fingerprint density at radius 3 is 2.47 bits per heavy atom. The van der Waals surface area contributed by atoms with E-state index >= 15 is 0 Å². The standard InChI is InChI=1S/C14H18FNO3/c1-9(2)13(14(18)19-3)16-12(17)8-10-6-4-5-7-11(10)15/h4-7,9,13H,8H2,1-3H3,(H,16,17)/t13-/m1/s1. The third-order valence-corrected chi connectivity index (χ3v) is 2.75. The van der Waals surface area contributed by atoms with Crippen LogP contribution in [0.4, 0.5) is 4.39 Å². The molecule has 0 spiro atoms. The van der Waals surface area contributed by atoms with Crippen LogP contribution in [-0.4, -0.2) is 25.0 Å². The fourth-order valence-electron chi connectivity index (χ4n) is 1.66. The van der Waals surface area contributed by atoms with Crippen LogP contribution in [-0.2, 0) is 20.7 Å². The molecule has 0 aliphatic carbocycles. The van der Waals surface area contributed by atoms with Crippen molar-refractivity contribution in [3.63, 3.8) is 0 Å². The molecule has 4 nitrogen and oxygen atoms in total. The zero-order chi connectivity index (χ0) is 14.4. The molecule has 0 radical (unpaired) electrons. The fraction of sp³-hybridized carbons (Fsp3) is 0.429. The number of methoxy groups -OCH3 is 1. The Hall–Kier alpha value is -1.91. The summed E-state index contributed by atoms with van der Waals surface area (Å²) in [6, 6.07) is 5.33. The smallest absolute Gasteiger partial charge is 0.328 e. The number of carbonyl (C=O) groups excluding carboxylic acids is 2. The highest BCUT2D eigenvalue weighted by Gasteiger charge is 2.25. The van der Waals surface area contributed by atoms with Gasteiger partial charge in [0, 0.05) is 0 Å². The number of nitrogens with one attached hydrogen (secondary N) is 1. The number of esters is 1. The van der Waals surface area contributed by atoms with Gasteiger partial charge in [0.25, 0.3) is 0 Å². The zero-order valence-electron chi connectivity index (χ0n) is 11.3. The van der Waals surface area contributed by atoms with Crippen molar-refractivity contribution < 1.29 is 18.7 Å². The van der Waals surface area contributed by atoms with Crippen molar-refractivity contribution in [1.29, 1.82) is 0 Å². The largest absolute Gasteiger partial charge is 0.467 e. The molecule has 1 aromatic carbocycles. The number of hydrogen-bond acceptors (Lipinski definition) is 3. The third kappa shape index (κ3) is 4.35. The Bertz CT molecular complexity index is 460. The van der Waals surface area contributed by atoms with Gasteiger partial charge in [-0.1, -0.05) is 32.0 Å². The van der Waals surface area contributed by atoms with Crippen LogP contribution in [0.15, 0.2) is 24.3 Å². The Morgan fingerprint density at radius 1 is 1.32 bits per heavy atom. The quantitative estimate of drug-likeness (QED) is 0.826. The minimum Gasteiger partial charge on any atom is -0.467 e. The molecule has 5 heteroatoms. The van der Waals surface area contributed by atoms with Crippen molar-refractivity contribution in [2.75, 3.05) is 7.11 Å². The summed E-state index contributed by atoms with van der Waals surface area (Å²) in [5.41, 5.74) is 0.298. The summed E-state index contributed by atoms with van der Waals surface area (Å²) in [6.07, 6.45) is -0.104. The molecule has 0 saturated carbocycles. The number of halogens is 1. The number of benzene rings is 1. The van der Waals surface area contributed by atoms with Gasteiger partial charge in [0.2, 0.25) is 5.91 Å². The summed E-state index contributed by atoms with van der Waals surface area (Å²) < 4.78 is 18.0. The molecular weight excluding hydrogens is 249 g/mol. The molecule has 1 amide bonds. The molecule has 104 valence electrons. The lowest BCUT2D eigenvalue weighted by Gasteiger charge is -2.19. The second kappa shape index (κ2) is 6.87. The van der Waals surface area contributed by atoms with Crippen LogP contribution in [0.1, 0.15) is 19.4 Å². The van der Waals surface area contributed by atoms with E-state index in [0.29, 0.717) is 5.56 Å². The van der Waals surface area contributed by atoms with Crippen LogP contribution in [0.25, 0.3) is 0 Å². The monoisotopic (exact) mass is 267 g/mol. The Balaban J connectivity index is 2.68. The molecular formula is C14H18FNO3. The van der Waals surface area contributed by atoms with Crippen LogP contribution < -0.4 is 5.32 Å². The summed E-state index contributed by atoms with van der Waals surface area (Å²) in [4.78, 5) is 23.3. The van der Waals surface area contributed by atoms with Gasteiger partial charge >= 0.3 is 5.97 Å². The van der Waals surface area contributed by atoms with Gasteiger partial charge in [0.05, 0.1) is 13.5 Å². The Kier molecular flexibility index (Phi) is 5.48. The summed E-state index contributed by atoms with van der Waals surface area (Å²) in [7, 11) is 1.26. The molecule has 0 bridgehead atoms. The summed E-state index contributed by atoms with van der Waals surface area (Å²) in [5, 5.41) is 2.56. The van der Waals surface area contributed by atoms with E-state index in [1.165, 1.54) is 19.2 Å². The van der Waals surface area contributed by atoms with Gasteiger partial charge in [-0.3, -0.25) is 4.79 Å². The minimum atomic E-state index is -0.718. The second-order valence-corrected chi connectivity index (χ2v) is 4.58. The maximum Gasteiger partial charge on any atom is 0.328 e. The maximum atomic E-state index is 13.4. The van der Waals surface area contributed by atoms with E-state index < -0.39 is 23.7 Å². The molecule has 0 aromatic heterocycles. The van der Waals surface area contributed by atoms with E-state index in [0.717, 1.165) is 0 Å². The van der Waals surface area contributed by atoms with Gasteiger partial charge in [-0.15, -0.1) is 0 Å². The molecule has 0 heterocycles. The number of amides is 1. The molecule has 1 atom stereocenters. The summed E-state index contributed by atoms with van der Waals surface area (Å²) in [6.45, 7) is 3.59. The van der Waals surface area contributed by atoms with Gasteiger partial charge in [0.15, 0.2) is 0 Å². The third-order valence-electron chi connectivity index (χ3n) is 2.75. The molecule has 1 rings (SSSR count). The number of carbonyl (C=O) groups is 2. The van der Waals surface area contributed by atoms with E-state index in [2.05, 4.69) is 10.1 Å². The van der Waals surface area contributed by atoms with Crippen molar-refractivity contribution in [3.8, 4) is 0 Å². The first-order chi connectivity index (χ1) is 8.95. The normalized spacial score (nSPS) is 12.1. The summed E-state index contributed by atoms with van der Waals surface area (Å²) in [5.74, 6) is -1.44. The Labute approximate surface area is 112 Å². The second-order valence-electron chi connectivity index (χ2n) is 4.58. The number of ether oxygens (including phenoxy) is 1. The van der Waals surface area contributed by atoms with Crippen LogP contribution in [0.5, 0.6) is 0 Å². The van der Waals surface area contributed by atoms with E-state index in [9.17, 15) is 14.0 Å². The van der Waals surface area contributed by atoms with Crippen LogP contribution >= 0.6 is 0 Å². The lowest BCUT2D eigenvalue weighted by atomic mass is 10.0. The predicted molar refractivity (Wildman–Crippen MR) is 68.9 cm³/mol. The van der Waals surface area contributed by atoms with Gasteiger partial charge < -0.3 is 10.1 Å². The average molecular weight is 267 g/mol. The first-order valence-corrected chi connectivity index (χ1v) is 6.06. The molecule has 0 saturated heterocycles. The minimum absolute atomic E-state index is 0.1000. The molecule has 19 heavy (non-hydrogen) atoms. The first kappa shape index (κ1) is 15.1. The maximum absolute atomic E-state index is 13.4. The number of hydrogen-bond donors (Lipinski definition) is 1. The van der Waals surface area contributed by atoms with Gasteiger partial charge in [0.1, 0.15) is 11.9 Å². The SMILES string of the molecule is COC(=O)[C@H](NC(=O)Cc1ccccc1F)C(C)C. The molecule has 1 N–H and O–H groups in total. The lowest BCUT2D eigenvalue weighted by molar-refractivity contribution is -0.146. The summed E-state index contributed by atoms with van der Waals surface area (Å²) >= 11 is 0. The molecule has 0 aliphatic heterocycles. The molecule has 1 aromatic rings. The van der Waals surface area contributed by atoms with E-state index in [1.54, 1.807) is 26.0 Å². The molecule has 0 unspecified atom stereocenters. The van der Waals surface area contributed by atoms with Crippen molar-refractivity contribution in [2.45, 2.75) is 26.3 Å². The highest BCUT2D eigenvalue weighted by molar-refractivity contribution is 5.85. The van der Waals surface area contributed by atoms with Crippen molar-refractivity contribution >= 4 is 11.9 Å². The highest BCUT2D eigenvalue weighted by Crippen LogP contribution is 2.08. The van der Waals surface area contributed by atoms with E-state index in [1.807, 2.05) is 0 Å². The van der Waals surface area contributed by atoms with E-state index in [-0.39, 0.29) is 12.3 Å². The Morgan fingerprint density at radius 2 is 1.95 bits per heavy atom. The van der Waals surface area contributed by atoms with Crippen LogP contribution in [0.2, 0.25) is 0 Å². The fourth-order valence-corrected chi connectivity index (χ4v) is 1.66. The topological polar surface area (TPSA) is 55.4 Å². The zero-order valence-corrected chi connectivity index (χ0v) is 11.3. The number of rotatable bonds is 5. The van der Waals surface area contributed by atoms with Crippen LogP contribution in [0, 0.1) is 11.7 Å². The van der Waals surface area contributed by atoms with Crippen LogP contribution in [0.3, 0.4) is 0 Å². The van der Waals surface area contributed by atoms with Gasteiger partial charge in [-0.25, -0.2) is 9.18 Å². The molecule has 0 aliphatic rings. The van der Waals surface area contributed by atoms with Crippen molar-refractivity contribution in [1.82, 2.24) is 5.32 Å². The molecule has 0 fully saturated rings. The predicted octanol–water partition coefficient (Wildman–Crippen LogP) is 1.68. The van der Waals surface area contributed by atoms with Gasteiger partial charge in [-0.2, -0.15) is 0 Å². The highest BCUT2D eigenvalue weighted by atomic mass is 19.1. The first-order valence-electron chi connectivity index (χ1n) is 6.06. The van der Waals surface area contributed by atoms with Crippen molar-refractivity contribution in [2.24, 2.45) is 5.92 Å².